The molecular weight excluding hydrogens is 190 g/mol. The number of esters is 1. The van der Waals surface area contributed by atoms with Gasteiger partial charge in [0, 0.05) is 12.1 Å². The zero-order valence-corrected chi connectivity index (χ0v) is 8.45. The summed E-state index contributed by atoms with van der Waals surface area (Å²) < 4.78 is 5.32. The second-order valence-corrected chi connectivity index (χ2v) is 4.25. The van der Waals surface area contributed by atoms with E-state index in [1.807, 2.05) is 24.3 Å². The number of carbonyl (C=O) groups excluding carboxylic acids is 1. The molecule has 1 unspecified atom stereocenters. The van der Waals surface area contributed by atoms with Crippen molar-refractivity contribution in [1.82, 2.24) is 5.32 Å². The van der Waals surface area contributed by atoms with E-state index in [-0.39, 0.29) is 5.97 Å². The van der Waals surface area contributed by atoms with E-state index in [0.717, 1.165) is 30.7 Å². The molecule has 0 radical (unpaired) electrons. The van der Waals surface area contributed by atoms with Gasteiger partial charge in [-0.2, -0.15) is 0 Å². The molecule has 1 N–H and O–H groups in total. The average molecular weight is 203 g/mol. The van der Waals surface area contributed by atoms with E-state index in [9.17, 15) is 4.79 Å². The first-order chi connectivity index (χ1) is 7.33. The second kappa shape index (κ2) is 3.07. The lowest BCUT2D eigenvalue weighted by Crippen LogP contribution is -2.47. The number of ether oxygens (including phenoxy) is 1. The monoisotopic (exact) mass is 203 g/mol. The van der Waals surface area contributed by atoms with Gasteiger partial charge >= 0.3 is 5.97 Å². The van der Waals surface area contributed by atoms with Gasteiger partial charge in [0.05, 0.1) is 0 Å². The molecule has 1 fully saturated rings. The third-order valence-electron chi connectivity index (χ3n) is 3.38. The van der Waals surface area contributed by atoms with Gasteiger partial charge in [-0.3, -0.25) is 4.79 Å². The summed E-state index contributed by atoms with van der Waals surface area (Å²) >= 11 is 0. The van der Waals surface area contributed by atoms with Crippen LogP contribution in [0.2, 0.25) is 0 Å². The number of hydrogen-bond acceptors (Lipinski definition) is 3. The normalized spacial score (nSPS) is 28.9. The molecule has 0 amide bonds. The zero-order valence-electron chi connectivity index (χ0n) is 8.45. The SMILES string of the molecule is O=C1Oc2ccccc2C12CCCNC2. The first kappa shape index (κ1) is 8.92. The van der Waals surface area contributed by atoms with Gasteiger partial charge in [0.25, 0.3) is 0 Å². The summed E-state index contributed by atoms with van der Waals surface area (Å²) in [6.07, 6.45) is 1.93. The number of rotatable bonds is 0. The smallest absolute Gasteiger partial charge is 0.323 e. The maximum atomic E-state index is 11.9. The Morgan fingerprint density at radius 1 is 1.33 bits per heavy atom. The number of piperidine rings is 1. The minimum atomic E-state index is -0.408. The van der Waals surface area contributed by atoms with Crippen molar-refractivity contribution in [3.05, 3.63) is 29.8 Å². The van der Waals surface area contributed by atoms with Gasteiger partial charge in [0.15, 0.2) is 0 Å². The highest BCUT2D eigenvalue weighted by Crippen LogP contribution is 2.43. The lowest BCUT2D eigenvalue weighted by atomic mass is 9.76. The van der Waals surface area contributed by atoms with E-state index in [4.69, 9.17) is 4.74 Å². The minimum Gasteiger partial charge on any atom is -0.425 e. The Labute approximate surface area is 88.4 Å². The molecule has 2 heterocycles. The van der Waals surface area contributed by atoms with E-state index >= 15 is 0 Å². The molecule has 2 aliphatic heterocycles. The van der Waals surface area contributed by atoms with Crippen LogP contribution in [-0.2, 0) is 10.2 Å². The van der Waals surface area contributed by atoms with Crippen molar-refractivity contribution in [3.63, 3.8) is 0 Å². The van der Waals surface area contributed by atoms with Crippen molar-refractivity contribution in [3.8, 4) is 5.75 Å². The lowest BCUT2D eigenvalue weighted by Gasteiger charge is -2.30. The van der Waals surface area contributed by atoms with Crippen molar-refractivity contribution in [1.29, 1.82) is 0 Å². The van der Waals surface area contributed by atoms with E-state index in [2.05, 4.69) is 5.32 Å². The standard InChI is InChI=1S/C12H13NO2/c14-11-12(6-3-7-13-8-12)9-4-1-2-5-10(9)15-11/h1-2,4-5,13H,3,6-8H2. The summed E-state index contributed by atoms with van der Waals surface area (Å²) in [4.78, 5) is 11.9. The second-order valence-electron chi connectivity index (χ2n) is 4.25. The number of para-hydroxylation sites is 1. The summed E-state index contributed by atoms with van der Waals surface area (Å²) in [5, 5.41) is 3.29. The lowest BCUT2D eigenvalue weighted by molar-refractivity contribution is -0.138. The van der Waals surface area contributed by atoms with Crippen molar-refractivity contribution in [2.45, 2.75) is 18.3 Å². The summed E-state index contributed by atoms with van der Waals surface area (Å²) in [5.41, 5.74) is 0.650. The van der Waals surface area contributed by atoms with Crippen LogP contribution in [0, 0.1) is 0 Å². The van der Waals surface area contributed by atoms with E-state index in [0.29, 0.717) is 6.54 Å². The molecule has 0 saturated carbocycles. The van der Waals surface area contributed by atoms with Crippen molar-refractivity contribution >= 4 is 5.97 Å². The van der Waals surface area contributed by atoms with Gasteiger partial charge in [-0.15, -0.1) is 0 Å². The highest BCUT2D eigenvalue weighted by Gasteiger charge is 2.49. The summed E-state index contributed by atoms with van der Waals surface area (Å²) in [6.45, 7) is 1.71. The molecule has 0 aliphatic carbocycles. The molecule has 0 aromatic heterocycles. The number of fused-ring (bicyclic) bond motifs is 2. The molecule has 3 nitrogen and oxygen atoms in total. The van der Waals surface area contributed by atoms with Crippen LogP contribution < -0.4 is 10.1 Å². The van der Waals surface area contributed by atoms with Crippen LogP contribution in [0.1, 0.15) is 18.4 Å². The highest BCUT2D eigenvalue weighted by molar-refractivity contribution is 5.91. The number of carbonyl (C=O) groups is 1. The average Bonchev–Trinajstić information content (AvgIpc) is 2.55. The maximum Gasteiger partial charge on any atom is 0.323 e. The molecule has 3 heteroatoms. The number of benzene rings is 1. The minimum absolute atomic E-state index is 0.0871. The molecule has 1 saturated heterocycles. The molecular formula is C12H13NO2. The molecule has 78 valence electrons. The zero-order chi connectivity index (χ0) is 10.3. The summed E-state index contributed by atoms with van der Waals surface area (Å²) in [5.74, 6) is 0.655. The van der Waals surface area contributed by atoms with Gasteiger partial charge in [0.1, 0.15) is 11.2 Å². The van der Waals surface area contributed by atoms with E-state index < -0.39 is 5.41 Å². The topological polar surface area (TPSA) is 38.3 Å². The fourth-order valence-corrected chi connectivity index (χ4v) is 2.57. The number of nitrogens with one attached hydrogen (secondary N) is 1. The van der Waals surface area contributed by atoms with Crippen molar-refractivity contribution in [2.75, 3.05) is 13.1 Å². The Morgan fingerprint density at radius 2 is 2.20 bits per heavy atom. The fourth-order valence-electron chi connectivity index (χ4n) is 2.57. The van der Waals surface area contributed by atoms with E-state index in [1.54, 1.807) is 0 Å². The first-order valence-corrected chi connectivity index (χ1v) is 5.35. The molecule has 1 spiro atoms. The van der Waals surface area contributed by atoms with Gasteiger partial charge in [-0.05, 0) is 25.5 Å². The maximum absolute atomic E-state index is 11.9. The summed E-state index contributed by atoms with van der Waals surface area (Å²) in [6, 6.07) is 7.75. The van der Waals surface area contributed by atoms with Crippen LogP contribution in [0.5, 0.6) is 5.75 Å². The molecule has 1 aromatic carbocycles. The van der Waals surface area contributed by atoms with Gasteiger partial charge < -0.3 is 10.1 Å². The van der Waals surface area contributed by atoms with Crippen LogP contribution >= 0.6 is 0 Å². The Kier molecular flexibility index (Phi) is 1.83. The molecule has 3 rings (SSSR count). The predicted octanol–water partition coefficient (Wildman–Crippen LogP) is 1.23. The van der Waals surface area contributed by atoms with Crippen LogP contribution in [0.4, 0.5) is 0 Å². The van der Waals surface area contributed by atoms with Crippen LogP contribution in [0.25, 0.3) is 0 Å². The fraction of sp³-hybridized carbons (Fsp3) is 0.417. The largest absolute Gasteiger partial charge is 0.425 e. The van der Waals surface area contributed by atoms with Gasteiger partial charge in [-0.1, -0.05) is 18.2 Å². The third kappa shape index (κ3) is 1.13. The van der Waals surface area contributed by atoms with Gasteiger partial charge in [0.2, 0.25) is 0 Å². The molecule has 1 atom stereocenters. The molecule has 15 heavy (non-hydrogen) atoms. The quantitative estimate of drug-likeness (QED) is 0.509. The van der Waals surface area contributed by atoms with Crippen molar-refractivity contribution in [2.24, 2.45) is 0 Å². The Morgan fingerprint density at radius 3 is 3.00 bits per heavy atom. The molecule has 0 bridgehead atoms. The van der Waals surface area contributed by atoms with Crippen LogP contribution in [0.15, 0.2) is 24.3 Å². The van der Waals surface area contributed by atoms with Crippen LogP contribution in [0.3, 0.4) is 0 Å². The Balaban J connectivity index is 2.11. The Hall–Kier alpha value is -1.35. The number of hydrogen-bond donors (Lipinski definition) is 1. The third-order valence-corrected chi connectivity index (χ3v) is 3.38. The molecule has 1 aromatic rings. The first-order valence-electron chi connectivity index (χ1n) is 5.35. The Bertz CT molecular complexity index is 408. The van der Waals surface area contributed by atoms with E-state index in [1.165, 1.54) is 0 Å². The highest BCUT2D eigenvalue weighted by atomic mass is 16.5. The van der Waals surface area contributed by atoms with Gasteiger partial charge in [-0.25, -0.2) is 0 Å². The molecule has 2 aliphatic rings. The van der Waals surface area contributed by atoms with Crippen molar-refractivity contribution < 1.29 is 9.53 Å². The van der Waals surface area contributed by atoms with Crippen LogP contribution in [-0.4, -0.2) is 19.1 Å². The summed E-state index contributed by atoms with van der Waals surface area (Å²) in [7, 11) is 0. The predicted molar refractivity (Wildman–Crippen MR) is 55.9 cm³/mol.